The number of nitrogens with zero attached hydrogens (tertiary/aromatic N) is 1. The van der Waals surface area contributed by atoms with Crippen molar-refractivity contribution in [3.63, 3.8) is 0 Å². The largest absolute Gasteiger partial charge is 0.397 e. The van der Waals surface area contributed by atoms with Crippen molar-refractivity contribution in [2.75, 3.05) is 18.8 Å². The van der Waals surface area contributed by atoms with Crippen LogP contribution >= 0.6 is 0 Å². The lowest BCUT2D eigenvalue weighted by atomic mass is 10.1. The van der Waals surface area contributed by atoms with Crippen LogP contribution in [0.4, 0.5) is 5.69 Å². The molecule has 1 aromatic heterocycles. The molecule has 80 valence electrons. The summed E-state index contributed by atoms with van der Waals surface area (Å²) in [6.07, 6.45) is 4.69. The molecule has 0 unspecified atom stereocenters. The Bertz CT molecular complexity index is 406. The van der Waals surface area contributed by atoms with Gasteiger partial charge in [0.15, 0.2) is 0 Å². The Balaban J connectivity index is 2.09. The number of nitrogen functional groups attached to an aromatic ring is 1. The molecule has 0 fully saturated rings. The highest BCUT2D eigenvalue weighted by molar-refractivity contribution is 5.93. The SMILES string of the molecule is CC1=CCN(C(=O)c2cc(N)c[nH]2)CC1. The second-order valence-electron chi connectivity index (χ2n) is 3.90. The Labute approximate surface area is 88.8 Å². The molecule has 0 atom stereocenters. The zero-order chi connectivity index (χ0) is 10.8. The molecule has 1 aromatic rings. The van der Waals surface area contributed by atoms with Gasteiger partial charge in [0.1, 0.15) is 5.69 Å². The summed E-state index contributed by atoms with van der Waals surface area (Å²) in [5, 5.41) is 0. The van der Waals surface area contributed by atoms with Gasteiger partial charge in [-0.25, -0.2) is 0 Å². The number of hydrogen-bond donors (Lipinski definition) is 2. The molecule has 1 aliphatic rings. The van der Waals surface area contributed by atoms with E-state index < -0.39 is 0 Å². The minimum Gasteiger partial charge on any atom is -0.397 e. The highest BCUT2D eigenvalue weighted by atomic mass is 16.2. The second kappa shape index (κ2) is 3.81. The van der Waals surface area contributed by atoms with E-state index in [2.05, 4.69) is 18.0 Å². The van der Waals surface area contributed by atoms with E-state index in [1.54, 1.807) is 12.3 Å². The van der Waals surface area contributed by atoms with Crippen molar-refractivity contribution in [2.24, 2.45) is 0 Å². The van der Waals surface area contributed by atoms with Gasteiger partial charge in [0.05, 0.1) is 0 Å². The lowest BCUT2D eigenvalue weighted by Crippen LogP contribution is -2.34. The number of nitrogens with two attached hydrogens (primary N) is 1. The van der Waals surface area contributed by atoms with E-state index in [1.807, 2.05) is 4.90 Å². The lowest BCUT2D eigenvalue weighted by molar-refractivity contribution is 0.0764. The number of amides is 1. The Kier molecular flexibility index (Phi) is 2.49. The van der Waals surface area contributed by atoms with E-state index in [-0.39, 0.29) is 5.91 Å². The minimum absolute atomic E-state index is 0.0236. The maximum atomic E-state index is 11.9. The predicted molar refractivity (Wildman–Crippen MR) is 59.5 cm³/mol. The molecule has 1 amide bonds. The number of anilines is 1. The molecule has 15 heavy (non-hydrogen) atoms. The van der Waals surface area contributed by atoms with Gasteiger partial charge >= 0.3 is 0 Å². The van der Waals surface area contributed by atoms with E-state index in [9.17, 15) is 4.79 Å². The maximum absolute atomic E-state index is 11.9. The third-order valence-electron chi connectivity index (χ3n) is 2.66. The average molecular weight is 205 g/mol. The third kappa shape index (κ3) is 2.03. The van der Waals surface area contributed by atoms with Crippen molar-refractivity contribution in [2.45, 2.75) is 13.3 Å². The third-order valence-corrected chi connectivity index (χ3v) is 2.66. The molecular formula is C11H15N3O. The monoisotopic (exact) mass is 205 g/mol. The first-order valence-electron chi connectivity index (χ1n) is 5.05. The number of aromatic amines is 1. The highest BCUT2D eigenvalue weighted by Gasteiger charge is 2.18. The van der Waals surface area contributed by atoms with Gasteiger partial charge in [-0.15, -0.1) is 0 Å². The summed E-state index contributed by atoms with van der Waals surface area (Å²) in [6, 6.07) is 1.67. The molecule has 4 nitrogen and oxygen atoms in total. The Morgan fingerprint density at radius 2 is 2.40 bits per heavy atom. The molecule has 0 aliphatic carbocycles. The molecule has 4 heteroatoms. The minimum atomic E-state index is 0.0236. The molecule has 2 rings (SSSR count). The predicted octanol–water partition coefficient (Wildman–Crippen LogP) is 1.39. The van der Waals surface area contributed by atoms with Gasteiger partial charge < -0.3 is 15.6 Å². The molecule has 0 bridgehead atoms. The molecule has 0 radical (unpaired) electrons. The van der Waals surface area contributed by atoms with Crippen LogP contribution in [0.25, 0.3) is 0 Å². The zero-order valence-electron chi connectivity index (χ0n) is 8.79. The molecule has 0 saturated carbocycles. The van der Waals surface area contributed by atoms with Crippen molar-refractivity contribution in [1.82, 2.24) is 9.88 Å². The smallest absolute Gasteiger partial charge is 0.270 e. The van der Waals surface area contributed by atoms with Crippen molar-refractivity contribution >= 4 is 11.6 Å². The Hall–Kier alpha value is -1.71. The van der Waals surface area contributed by atoms with Gasteiger partial charge in [0.2, 0.25) is 0 Å². The molecule has 0 aromatic carbocycles. The summed E-state index contributed by atoms with van der Waals surface area (Å²) in [5.41, 5.74) is 8.07. The number of nitrogens with one attached hydrogen (secondary N) is 1. The van der Waals surface area contributed by atoms with Crippen molar-refractivity contribution in [3.8, 4) is 0 Å². The Morgan fingerprint density at radius 1 is 1.60 bits per heavy atom. The first-order valence-corrected chi connectivity index (χ1v) is 5.05. The zero-order valence-corrected chi connectivity index (χ0v) is 8.79. The van der Waals surface area contributed by atoms with Gasteiger partial charge in [-0.1, -0.05) is 11.6 Å². The van der Waals surface area contributed by atoms with Gasteiger partial charge in [0, 0.05) is 25.0 Å². The number of aromatic nitrogens is 1. The summed E-state index contributed by atoms with van der Waals surface area (Å²) >= 11 is 0. The van der Waals surface area contributed by atoms with Gasteiger partial charge in [0.25, 0.3) is 5.91 Å². The summed E-state index contributed by atoms with van der Waals surface area (Å²) in [7, 11) is 0. The van der Waals surface area contributed by atoms with E-state index in [1.165, 1.54) is 5.57 Å². The number of hydrogen-bond acceptors (Lipinski definition) is 2. The van der Waals surface area contributed by atoms with Crippen LogP contribution in [-0.4, -0.2) is 28.9 Å². The van der Waals surface area contributed by atoms with Gasteiger partial charge in [-0.3, -0.25) is 4.79 Å². The van der Waals surface area contributed by atoms with Crippen LogP contribution in [-0.2, 0) is 0 Å². The molecule has 1 aliphatic heterocycles. The van der Waals surface area contributed by atoms with Crippen LogP contribution in [0.1, 0.15) is 23.8 Å². The topological polar surface area (TPSA) is 62.1 Å². The normalized spacial score (nSPS) is 16.3. The summed E-state index contributed by atoms with van der Waals surface area (Å²) in [4.78, 5) is 16.6. The van der Waals surface area contributed by atoms with Gasteiger partial charge in [-0.2, -0.15) is 0 Å². The fraction of sp³-hybridized carbons (Fsp3) is 0.364. The molecule has 2 heterocycles. The van der Waals surface area contributed by atoms with Crippen LogP contribution in [0, 0.1) is 0 Å². The molecule has 0 spiro atoms. The standard InChI is InChI=1S/C11H15N3O/c1-8-2-4-14(5-3-8)11(15)10-6-9(12)7-13-10/h2,6-7,13H,3-5,12H2,1H3. The highest BCUT2D eigenvalue weighted by Crippen LogP contribution is 2.13. The summed E-state index contributed by atoms with van der Waals surface area (Å²) in [5.74, 6) is 0.0236. The average Bonchev–Trinajstić information content (AvgIpc) is 2.65. The number of carbonyl (C=O) groups is 1. The van der Waals surface area contributed by atoms with Crippen LogP contribution < -0.4 is 5.73 Å². The van der Waals surface area contributed by atoms with Crippen molar-refractivity contribution < 1.29 is 4.79 Å². The fourth-order valence-corrected chi connectivity index (χ4v) is 1.66. The van der Waals surface area contributed by atoms with E-state index in [0.717, 1.165) is 13.0 Å². The second-order valence-corrected chi connectivity index (χ2v) is 3.90. The number of H-pyrrole nitrogens is 1. The quantitative estimate of drug-likeness (QED) is 0.680. The Morgan fingerprint density at radius 3 is 2.93 bits per heavy atom. The summed E-state index contributed by atoms with van der Waals surface area (Å²) < 4.78 is 0. The van der Waals surface area contributed by atoms with Gasteiger partial charge in [-0.05, 0) is 19.4 Å². The van der Waals surface area contributed by atoms with Crippen LogP contribution in [0.5, 0.6) is 0 Å². The lowest BCUT2D eigenvalue weighted by Gasteiger charge is -2.24. The van der Waals surface area contributed by atoms with Crippen LogP contribution in [0.15, 0.2) is 23.9 Å². The van der Waals surface area contributed by atoms with E-state index in [4.69, 9.17) is 5.73 Å². The van der Waals surface area contributed by atoms with Crippen LogP contribution in [0.2, 0.25) is 0 Å². The molecule has 0 saturated heterocycles. The molecular weight excluding hydrogens is 190 g/mol. The fourth-order valence-electron chi connectivity index (χ4n) is 1.66. The maximum Gasteiger partial charge on any atom is 0.270 e. The van der Waals surface area contributed by atoms with E-state index in [0.29, 0.717) is 17.9 Å². The van der Waals surface area contributed by atoms with E-state index >= 15 is 0 Å². The summed E-state index contributed by atoms with van der Waals surface area (Å²) in [6.45, 7) is 3.58. The first kappa shape index (κ1) is 9.83. The van der Waals surface area contributed by atoms with Crippen LogP contribution in [0.3, 0.4) is 0 Å². The number of carbonyl (C=O) groups excluding carboxylic acids is 1. The van der Waals surface area contributed by atoms with Crippen molar-refractivity contribution in [3.05, 3.63) is 29.6 Å². The first-order chi connectivity index (χ1) is 7.16. The molecule has 3 N–H and O–H groups in total. The number of rotatable bonds is 1. The van der Waals surface area contributed by atoms with Crippen molar-refractivity contribution in [1.29, 1.82) is 0 Å².